The fourth-order valence-electron chi connectivity index (χ4n) is 2.63. The number of nitrogens with zero attached hydrogens (tertiary/aromatic N) is 3. The molecule has 0 saturated heterocycles. The van der Waals surface area contributed by atoms with Crippen LogP contribution in [0, 0.1) is 0 Å². The second kappa shape index (κ2) is 6.60. The zero-order chi connectivity index (χ0) is 15.5. The highest BCUT2D eigenvalue weighted by molar-refractivity contribution is 7.10. The van der Waals surface area contributed by atoms with Crippen molar-refractivity contribution in [3.05, 3.63) is 39.8 Å². The van der Waals surface area contributed by atoms with E-state index in [0.717, 1.165) is 23.5 Å². The van der Waals surface area contributed by atoms with Crippen LogP contribution in [0.15, 0.2) is 23.6 Å². The second-order valence-corrected chi connectivity index (χ2v) is 6.44. The van der Waals surface area contributed by atoms with Gasteiger partial charge in [-0.15, -0.1) is 11.3 Å². The summed E-state index contributed by atoms with van der Waals surface area (Å²) in [5.74, 6) is 0.112. The molecule has 2 aromatic rings. The fraction of sp³-hybridized carbons (Fsp3) is 0.467. The van der Waals surface area contributed by atoms with Gasteiger partial charge in [0.15, 0.2) is 0 Å². The Balaban J connectivity index is 1.73. The number of carbonyl (C=O) groups excluding carboxylic acids is 1. The van der Waals surface area contributed by atoms with Crippen LogP contribution < -0.4 is 0 Å². The molecular formula is C15H19N3O3S. The quantitative estimate of drug-likeness (QED) is 0.879. The Bertz CT molecular complexity index is 639. The number of thiophene rings is 1. The van der Waals surface area contributed by atoms with Crippen molar-refractivity contribution in [1.29, 1.82) is 0 Å². The lowest BCUT2D eigenvalue weighted by Gasteiger charge is -2.19. The molecule has 7 heteroatoms. The predicted molar refractivity (Wildman–Crippen MR) is 82.3 cm³/mol. The molecule has 1 amide bonds. The van der Waals surface area contributed by atoms with Gasteiger partial charge in [-0.05, 0) is 23.9 Å². The summed E-state index contributed by atoms with van der Waals surface area (Å²) in [5.41, 5.74) is 1.37. The van der Waals surface area contributed by atoms with Gasteiger partial charge in [0, 0.05) is 18.0 Å². The number of aromatic nitrogens is 2. The molecule has 0 bridgehead atoms. The number of hydrogen-bond donors (Lipinski definition) is 2. The van der Waals surface area contributed by atoms with Gasteiger partial charge < -0.3 is 15.1 Å². The minimum Gasteiger partial charge on any atom is -0.393 e. The van der Waals surface area contributed by atoms with Crippen LogP contribution in [0.25, 0.3) is 0 Å². The maximum absolute atomic E-state index is 12.4. The highest BCUT2D eigenvalue weighted by Gasteiger charge is 2.22. The molecule has 0 spiro atoms. The predicted octanol–water partition coefficient (Wildman–Crippen LogP) is 0.945. The van der Waals surface area contributed by atoms with Crippen LogP contribution in [0.4, 0.5) is 0 Å². The number of aryl methyl sites for hydroxylation is 1. The van der Waals surface area contributed by atoms with Gasteiger partial charge in [-0.3, -0.25) is 9.48 Å². The van der Waals surface area contributed by atoms with E-state index in [4.69, 9.17) is 5.11 Å². The largest absolute Gasteiger partial charge is 0.393 e. The lowest BCUT2D eigenvalue weighted by molar-refractivity contribution is -0.131. The number of aliphatic hydroxyl groups excluding tert-OH is 2. The maximum atomic E-state index is 12.4. The third kappa shape index (κ3) is 3.21. The third-order valence-corrected chi connectivity index (χ3v) is 4.68. The first-order valence-corrected chi connectivity index (χ1v) is 8.21. The van der Waals surface area contributed by atoms with Gasteiger partial charge in [-0.2, -0.15) is 5.10 Å². The topological polar surface area (TPSA) is 78.6 Å². The Hall–Kier alpha value is -1.70. The third-order valence-electron chi connectivity index (χ3n) is 3.81. The summed E-state index contributed by atoms with van der Waals surface area (Å²) in [6.07, 6.45) is 0.298. The maximum Gasteiger partial charge on any atom is 0.228 e. The fourth-order valence-corrected chi connectivity index (χ4v) is 3.32. The van der Waals surface area contributed by atoms with Gasteiger partial charge in [0.1, 0.15) is 6.10 Å². The van der Waals surface area contributed by atoms with E-state index in [-0.39, 0.29) is 12.5 Å². The summed E-state index contributed by atoms with van der Waals surface area (Å²) in [6.45, 7) is 1.58. The summed E-state index contributed by atoms with van der Waals surface area (Å²) in [6, 6.07) is 5.70. The first-order valence-electron chi connectivity index (χ1n) is 7.33. The van der Waals surface area contributed by atoms with Crippen LogP contribution >= 0.6 is 11.3 Å². The molecule has 3 rings (SSSR count). The highest BCUT2D eigenvalue weighted by atomic mass is 32.1. The minimum atomic E-state index is -0.963. The lowest BCUT2D eigenvalue weighted by atomic mass is 10.2. The summed E-state index contributed by atoms with van der Waals surface area (Å²) in [5, 5.41) is 25.0. The monoisotopic (exact) mass is 321 g/mol. The van der Waals surface area contributed by atoms with Gasteiger partial charge in [0.25, 0.3) is 0 Å². The van der Waals surface area contributed by atoms with Crippen molar-refractivity contribution in [3.63, 3.8) is 0 Å². The average molecular weight is 321 g/mol. The summed E-state index contributed by atoms with van der Waals surface area (Å²) in [4.78, 5) is 15.3. The molecule has 1 atom stereocenters. The SMILES string of the molecule is O=C(Cc1cccs1)N1CCCn2nc([C@@H](O)CO)cc2C1. The average Bonchev–Trinajstić information content (AvgIpc) is 3.12. The standard InChI is InChI=1S/C15H19N3O3S/c19-10-14(20)13-7-11-9-17(4-2-5-18(11)16-13)15(21)8-12-3-1-6-22-12/h1,3,6-7,14,19-20H,2,4-5,8-10H2/t14-/m0/s1. The van der Waals surface area contributed by atoms with E-state index in [1.165, 1.54) is 0 Å². The molecule has 0 fully saturated rings. The molecule has 2 N–H and O–H groups in total. The number of carbonyl (C=O) groups is 1. The summed E-state index contributed by atoms with van der Waals surface area (Å²) >= 11 is 1.59. The molecule has 0 saturated carbocycles. The van der Waals surface area contributed by atoms with E-state index in [1.54, 1.807) is 17.4 Å². The van der Waals surface area contributed by atoms with Crippen LogP contribution in [-0.4, -0.2) is 44.0 Å². The van der Waals surface area contributed by atoms with Crippen molar-refractivity contribution in [2.75, 3.05) is 13.2 Å². The Morgan fingerprint density at radius 3 is 3.05 bits per heavy atom. The molecule has 3 heterocycles. The smallest absolute Gasteiger partial charge is 0.228 e. The summed E-state index contributed by atoms with van der Waals surface area (Å²) < 4.78 is 1.83. The van der Waals surface area contributed by atoms with Crippen molar-refractivity contribution < 1.29 is 15.0 Å². The van der Waals surface area contributed by atoms with Gasteiger partial charge in [-0.1, -0.05) is 6.07 Å². The highest BCUT2D eigenvalue weighted by Crippen LogP contribution is 2.19. The molecular weight excluding hydrogens is 302 g/mol. The molecule has 0 aliphatic carbocycles. The van der Waals surface area contributed by atoms with Gasteiger partial charge in [0.05, 0.1) is 31.0 Å². The van der Waals surface area contributed by atoms with E-state index in [9.17, 15) is 9.90 Å². The van der Waals surface area contributed by atoms with Crippen molar-refractivity contribution in [2.24, 2.45) is 0 Å². The minimum absolute atomic E-state index is 0.112. The molecule has 0 radical (unpaired) electrons. The number of rotatable bonds is 4. The van der Waals surface area contributed by atoms with Crippen LogP contribution in [-0.2, 0) is 24.3 Å². The molecule has 118 valence electrons. The van der Waals surface area contributed by atoms with Crippen molar-refractivity contribution in [3.8, 4) is 0 Å². The molecule has 1 aliphatic heterocycles. The van der Waals surface area contributed by atoms with Gasteiger partial charge in [0.2, 0.25) is 5.91 Å². The first-order chi connectivity index (χ1) is 10.7. The van der Waals surface area contributed by atoms with Crippen molar-refractivity contribution >= 4 is 17.2 Å². The summed E-state index contributed by atoms with van der Waals surface area (Å²) in [7, 11) is 0. The molecule has 0 aromatic carbocycles. The van der Waals surface area contributed by atoms with Crippen molar-refractivity contribution in [1.82, 2.24) is 14.7 Å². The van der Waals surface area contributed by atoms with Gasteiger partial charge in [-0.25, -0.2) is 0 Å². The Labute approximate surface area is 132 Å². The van der Waals surface area contributed by atoms with Crippen LogP contribution in [0.1, 0.15) is 28.8 Å². The van der Waals surface area contributed by atoms with Crippen LogP contribution in [0.3, 0.4) is 0 Å². The Morgan fingerprint density at radius 2 is 2.32 bits per heavy atom. The zero-order valence-electron chi connectivity index (χ0n) is 12.2. The van der Waals surface area contributed by atoms with E-state index < -0.39 is 6.10 Å². The van der Waals surface area contributed by atoms with E-state index in [1.807, 2.05) is 27.1 Å². The lowest BCUT2D eigenvalue weighted by Crippen LogP contribution is -2.31. The van der Waals surface area contributed by atoms with Crippen LogP contribution in [0.5, 0.6) is 0 Å². The molecule has 2 aromatic heterocycles. The van der Waals surface area contributed by atoms with E-state index in [2.05, 4.69) is 5.10 Å². The molecule has 1 aliphatic rings. The van der Waals surface area contributed by atoms with Gasteiger partial charge >= 0.3 is 0 Å². The van der Waals surface area contributed by atoms with E-state index >= 15 is 0 Å². The number of amides is 1. The molecule has 6 nitrogen and oxygen atoms in total. The van der Waals surface area contributed by atoms with Crippen LogP contribution in [0.2, 0.25) is 0 Å². The Kier molecular flexibility index (Phi) is 4.56. The van der Waals surface area contributed by atoms with E-state index in [0.29, 0.717) is 25.2 Å². The second-order valence-electron chi connectivity index (χ2n) is 5.41. The number of hydrogen-bond acceptors (Lipinski definition) is 5. The molecule has 22 heavy (non-hydrogen) atoms. The normalized spacial score (nSPS) is 16.2. The first kappa shape index (κ1) is 15.2. The number of aliphatic hydroxyl groups is 2. The number of fused-ring (bicyclic) bond motifs is 1. The van der Waals surface area contributed by atoms with Crippen molar-refractivity contribution in [2.45, 2.75) is 32.0 Å². The molecule has 0 unspecified atom stereocenters. The zero-order valence-corrected chi connectivity index (χ0v) is 13.0. The Morgan fingerprint density at radius 1 is 1.45 bits per heavy atom.